The molecule has 0 N–H and O–H groups in total. The van der Waals surface area contributed by atoms with E-state index in [4.69, 9.17) is 9.68 Å². The Morgan fingerprint density at radius 3 is 2.95 bits per heavy atom. The van der Waals surface area contributed by atoms with Crippen LogP contribution in [0.5, 0.6) is 0 Å². The molecule has 0 saturated carbocycles. The highest BCUT2D eigenvalue weighted by Crippen LogP contribution is 2.22. The van der Waals surface area contributed by atoms with Crippen molar-refractivity contribution >= 4 is 17.3 Å². The number of benzene rings is 1. The van der Waals surface area contributed by atoms with Gasteiger partial charge in [0, 0.05) is 11.6 Å². The summed E-state index contributed by atoms with van der Waals surface area (Å²) in [5, 5.41) is 13.6. The molecular formula is C16H11N3O3. The molecule has 2 heterocycles. The summed E-state index contributed by atoms with van der Waals surface area (Å²) in [6.07, 6.45) is 2.43. The monoisotopic (exact) mass is 293 g/mol. The fourth-order valence-electron chi connectivity index (χ4n) is 2.24. The van der Waals surface area contributed by atoms with Gasteiger partial charge in [-0.15, -0.1) is 0 Å². The molecule has 0 spiro atoms. The van der Waals surface area contributed by atoms with Crippen molar-refractivity contribution in [2.45, 2.75) is 13.0 Å². The maximum Gasteiger partial charge on any atom is 0.345 e. The van der Waals surface area contributed by atoms with Crippen LogP contribution in [0.3, 0.4) is 0 Å². The van der Waals surface area contributed by atoms with Crippen molar-refractivity contribution < 1.29 is 9.21 Å². The molecule has 0 saturated heterocycles. The first kappa shape index (κ1) is 13.8. The van der Waals surface area contributed by atoms with E-state index in [1.165, 1.54) is 10.9 Å². The summed E-state index contributed by atoms with van der Waals surface area (Å²) in [6.45, 7) is 0.357. The minimum Gasteiger partial charge on any atom is -0.422 e. The lowest BCUT2D eigenvalue weighted by atomic mass is 10.1. The van der Waals surface area contributed by atoms with Gasteiger partial charge in [-0.2, -0.15) is 10.4 Å². The van der Waals surface area contributed by atoms with Gasteiger partial charge in [-0.3, -0.25) is 9.48 Å². The van der Waals surface area contributed by atoms with Crippen LogP contribution in [0.4, 0.5) is 0 Å². The van der Waals surface area contributed by atoms with Crippen molar-refractivity contribution in [2.75, 3.05) is 0 Å². The number of fused-ring (bicyclic) bond motifs is 1. The first-order chi connectivity index (χ1) is 10.7. The standard InChI is InChI=1S/C16H11N3O3/c17-6-3-7-19-9-12(10-20)15(18-19)13-8-11-4-1-2-5-14(11)22-16(13)21/h1-2,4-5,8-10H,3,7H2. The number of aryl methyl sites for hydroxylation is 1. The normalized spacial score (nSPS) is 10.5. The van der Waals surface area contributed by atoms with Crippen LogP contribution in [0, 0.1) is 11.3 Å². The molecule has 22 heavy (non-hydrogen) atoms. The van der Waals surface area contributed by atoms with Gasteiger partial charge in [-0.05, 0) is 12.1 Å². The molecule has 0 unspecified atom stereocenters. The van der Waals surface area contributed by atoms with Crippen LogP contribution in [-0.2, 0) is 6.54 Å². The number of carbonyl (C=O) groups is 1. The second kappa shape index (κ2) is 5.66. The predicted molar refractivity (Wildman–Crippen MR) is 79.3 cm³/mol. The third-order valence-electron chi connectivity index (χ3n) is 3.27. The maximum absolute atomic E-state index is 12.1. The average Bonchev–Trinajstić information content (AvgIpc) is 2.95. The third kappa shape index (κ3) is 2.40. The average molecular weight is 293 g/mol. The highest BCUT2D eigenvalue weighted by molar-refractivity contribution is 5.88. The molecule has 0 bridgehead atoms. The highest BCUT2D eigenvalue weighted by Gasteiger charge is 2.16. The quantitative estimate of drug-likeness (QED) is 0.544. The molecule has 3 aromatic rings. The van der Waals surface area contributed by atoms with E-state index in [9.17, 15) is 9.59 Å². The van der Waals surface area contributed by atoms with Gasteiger partial charge in [0.2, 0.25) is 0 Å². The van der Waals surface area contributed by atoms with E-state index >= 15 is 0 Å². The van der Waals surface area contributed by atoms with Gasteiger partial charge < -0.3 is 4.42 Å². The Balaban J connectivity index is 2.16. The Hall–Kier alpha value is -3.20. The van der Waals surface area contributed by atoms with E-state index in [1.54, 1.807) is 18.2 Å². The lowest BCUT2D eigenvalue weighted by Gasteiger charge is -2.00. The zero-order valence-electron chi connectivity index (χ0n) is 11.5. The van der Waals surface area contributed by atoms with Gasteiger partial charge in [0.25, 0.3) is 0 Å². The van der Waals surface area contributed by atoms with Crippen molar-refractivity contribution in [2.24, 2.45) is 0 Å². The van der Waals surface area contributed by atoms with Crippen molar-refractivity contribution in [3.05, 3.63) is 52.5 Å². The molecule has 6 nitrogen and oxygen atoms in total. The lowest BCUT2D eigenvalue weighted by molar-refractivity contribution is 0.112. The number of carbonyl (C=O) groups excluding carboxylic acids is 1. The van der Waals surface area contributed by atoms with Crippen molar-refractivity contribution in [1.29, 1.82) is 5.26 Å². The molecule has 108 valence electrons. The summed E-state index contributed by atoms with van der Waals surface area (Å²) in [5.74, 6) is 0. The van der Waals surface area contributed by atoms with Crippen LogP contribution in [0.15, 0.2) is 45.7 Å². The number of hydrogen-bond acceptors (Lipinski definition) is 5. The predicted octanol–water partition coefficient (Wildman–Crippen LogP) is 2.38. The number of aldehydes is 1. The number of nitrogens with zero attached hydrogens (tertiary/aromatic N) is 3. The summed E-state index contributed by atoms with van der Waals surface area (Å²) in [5.41, 5.74) is 0.727. The van der Waals surface area contributed by atoms with E-state index < -0.39 is 5.63 Å². The second-order valence-corrected chi connectivity index (χ2v) is 4.71. The van der Waals surface area contributed by atoms with Gasteiger partial charge in [-0.25, -0.2) is 4.79 Å². The van der Waals surface area contributed by atoms with Gasteiger partial charge in [-0.1, -0.05) is 18.2 Å². The van der Waals surface area contributed by atoms with Crippen molar-refractivity contribution in [1.82, 2.24) is 9.78 Å². The van der Waals surface area contributed by atoms with Gasteiger partial charge in [0.05, 0.1) is 30.2 Å². The Labute approximate surface area is 125 Å². The van der Waals surface area contributed by atoms with Crippen LogP contribution >= 0.6 is 0 Å². The Morgan fingerprint density at radius 2 is 2.18 bits per heavy atom. The number of rotatable bonds is 4. The van der Waals surface area contributed by atoms with Gasteiger partial charge in [0.15, 0.2) is 6.29 Å². The van der Waals surface area contributed by atoms with E-state index in [0.717, 1.165) is 5.39 Å². The molecule has 0 aliphatic heterocycles. The zero-order valence-corrected chi connectivity index (χ0v) is 11.5. The molecule has 3 rings (SSSR count). The van der Waals surface area contributed by atoms with E-state index in [2.05, 4.69) is 5.10 Å². The van der Waals surface area contributed by atoms with Crippen molar-refractivity contribution in [3.8, 4) is 17.3 Å². The molecular weight excluding hydrogens is 282 g/mol. The molecule has 0 fully saturated rings. The van der Waals surface area contributed by atoms with Gasteiger partial charge >= 0.3 is 5.63 Å². The summed E-state index contributed by atoms with van der Waals surface area (Å²) in [7, 11) is 0. The minimum absolute atomic E-state index is 0.233. The second-order valence-electron chi connectivity index (χ2n) is 4.71. The van der Waals surface area contributed by atoms with Crippen LogP contribution in [0.25, 0.3) is 22.2 Å². The fourth-order valence-corrected chi connectivity index (χ4v) is 2.24. The highest BCUT2D eigenvalue weighted by atomic mass is 16.4. The van der Waals surface area contributed by atoms with Crippen molar-refractivity contribution in [3.63, 3.8) is 0 Å². The van der Waals surface area contributed by atoms with Crippen LogP contribution in [0.2, 0.25) is 0 Å². The molecule has 0 aliphatic carbocycles. The summed E-state index contributed by atoms with van der Waals surface area (Å²) in [4.78, 5) is 23.4. The minimum atomic E-state index is -0.549. The summed E-state index contributed by atoms with van der Waals surface area (Å²) in [6, 6.07) is 10.8. The Kier molecular flexibility index (Phi) is 3.54. The first-order valence-electron chi connectivity index (χ1n) is 6.66. The van der Waals surface area contributed by atoms with E-state index in [-0.39, 0.29) is 17.7 Å². The number of nitriles is 1. The smallest absolute Gasteiger partial charge is 0.345 e. The molecule has 0 aliphatic rings. The number of para-hydroxylation sites is 1. The fraction of sp³-hybridized carbons (Fsp3) is 0.125. The Morgan fingerprint density at radius 1 is 1.36 bits per heavy atom. The maximum atomic E-state index is 12.1. The molecule has 0 atom stereocenters. The van der Waals surface area contributed by atoms with Crippen LogP contribution < -0.4 is 5.63 Å². The zero-order chi connectivity index (χ0) is 15.5. The summed E-state index contributed by atoms with van der Waals surface area (Å²) >= 11 is 0. The summed E-state index contributed by atoms with van der Waals surface area (Å²) < 4.78 is 6.75. The molecule has 6 heteroatoms. The molecule has 0 radical (unpaired) electrons. The van der Waals surface area contributed by atoms with Crippen LogP contribution in [0.1, 0.15) is 16.8 Å². The van der Waals surface area contributed by atoms with E-state index in [1.807, 2.05) is 18.2 Å². The van der Waals surface area contributed by atoms with Gasteiger partial charge in [0.1, 0.15) is 11.3 Å². The SMILES string of the molecule is N#CCCn1cc(C=O)c(-c2cc3ccccc3oc2=O)n1. The molecule has 1 aromatic carbocycles. The largest absolute Gasteiger partial charge is 0.422 e. The third-order valence-corrected chi connectivity index (χ3v) is 3.27. The van der Waals surface area contributed by atoms with Crippen LogP contribution in [-0.4, -0.2) is 16.1 Å². The molecule has 0 amide bonds. The first-order valence-corrected chi connectivity index (χ1v) is 6.66. The number of hydrogen-bond donors (Lipinski definition) is 0. The Bertz CT molecular complexity index is 947. The number of aromatic nitrogens is 2. The lowest BCUT2D eigenvalue weighted by Crippen LogP contribution is -2.05. The molecule has 2 aromatic heterocycles. The topological polar surface area (TPSA) is 88.9 Å². The van der Waals surface area contributed by atoms with E-state index in [0.29, 0.717) is 24.0 Å².